The van der Waals surface area contributed by atoms with Crippen molar-refractivity contribution in [2.24, 2.45) is 0 Å². The van der Waals surface area contributed by atoms with Gasteiger partial charge < -0.3 is 20.7 Å². The highest BCUT2D eigenvalue weighted by atomic mass is 16.5. The van der Waals surface area contributed by atoms with Crippen molar-refractivity contribution in [2.75, 3.05) is 30.8 Å². The van der Waals surface area contributed by atoms with Crippen LogP contribution in [0.4, 0.5) is 11.8 Å². The average molecular weight is 267 g/mol. The summed E-state index contributed by atoms with van der Waals surface area (Å²) in [6.07, 6.45) is 0. The second-order valence-electron chi connectivity index (χ2n) is 4.36. The Hall–Kier alpha value is -2.05. The van der Waals surface area contributed by atoms with E-state index in [2.05, 4.69) is 15.3 Å². The van der Waals surface area contributed by atoms with Crippen LogP contribution in [-0.4, -0.2) is 42.1 Å². The third-order valence-corrected chi connectivity index (χ3v) is 2.41. The molecule has 0 unspecified atom stereocenters. The number of methoxy groups -OCH3 is 1. The maximum absolute atomic E-state index is 11.8. The van der Waals surface area contributed by atoms with Gasteiger partial charge in [-0.05, 0) is 20.8 Å². The summed E-state index contributed by atoms with van der Waals surface area (Å²) in [7, 11) is 1.51. The van der Waals surface area contributed by atoms with Crippen molar-refractivity contribution in [1.29, 1.82) is 0 Å². The Labute approximate surface area is 113 Å². The van der Waals surface area contributed by atoms with Gasteiger partial charge in [0.2, 0.25) is 17.7 Å². The molecule has 0 radical (unpaired) electrons. The Morgan fingerprint density at radius 3 is 2.74 bits per heavy atom. The summed E-state index contributed by atoms with van der Waals surface area (Å²) in [5, 5.41) is 2.83. The molecule has 106 valence electrons. The van der Waals surface area contributed by atoms with Crippen molar-refractivity contribution in [1.82, 2.24) is 15.3 Å². The Kier molecular flexibility index (Phi) is 5.35. The van der Waals surface area contributed by atoms with E-state index in [1.165, 1.54) is 7.11 Å². The molecule has 3 N–H and O–H groups in total. The number of nitrogens with two attached hydrogens (primary N) is 1. The summed E-state index contributed by atoms with van der Waals surface area (Å²) in [6.45, 7) is 6.62. The van der Waals surface area contributed by atoms with Gasteiger partial charge in [-0.25, -0.2) is 0 Å². The molecule has 0 saturated carbocycles. The average Bonchev–Trinajstić information content (AvgIpc) is 2.34. The molecule has 0 fully saturated rings. The number of likely N-dealkylation sites (N-methyl/N-ethyl adjacent to an activating group) is 1. The molecule has 0 atom stereocenters. The first kappa shape index (κ1) is 15.0. The Bertz CT molecular complexity index is 436. The topological polar surface area (TPSA) is 93.4 Å². The summed E-state index contributed by atoms with van der Waals surface area (Å²) in [5.74, 6) is 1.01. The summed E-state index contributed by atoms with van der Waals surface area (Å²) in [6, 6.07) is 1.76. The summed E-state index contributed by atoms with van der Waals surface area (Å²) in [4.78, 5) is 21.6. The van der Waals surface area contributed by atoms with Crippen LogP contribution in [-0.2, 0) is 4.79 Å². The summed E-state index contributed by atoms with van der Waals surface area (Å²) < 4.78 is 5.04. The van der Waals surface area contributed by atoms with E-state index in [0.717, 1.165) is 0 Å². The van der Waals surface area contributed by atoms with Crippen LogP contribution in [0.2, 0.25) is 0 Å². The second-order valence-corrected chi connectivity index (χ2v) is 4.36. The molecule has 1 aromatic heterocycles. The maximum Gasteiger partial charge on any atom is 0.239 e. The number of amides is 1. The van der Waals surface area contributed by atoms with Crippen molar-refractivity contribution in [3.05, 3.63) is 6.07 Å². The number of nitrogens with one attached hydrogen (secondary N) is 1. The number of hydrogen-bond acceptors (Lipinski definition) is 6. The Balaban J connectivity index is 2.84. The molecule has 1 aromatic rings. The first-order valence-corrected chi connectivity index (χ1v) is 6.19. The van der Waals surface area contributed by atoms with Crippen molar-refractivity contribution in [2.45, 2.75) is 26.8 Å². The number of ether oxygens (including phenoxy) is 1. The molecular formula is C12H21N5O2. The van der Waals surface area contributed by atoms with Gasteiger partial charge in [-0.1, -0.05) is 0 Å². The van der Waals surface area contributed by atoms with Gasteiger partial charge in [0.1, 0.15) is 5.82 Å². The predicted octanol–water partition coefficient (Wildman–Crippen LogP) is 0.418. The van der Waals surface area contributed by atoms with E-state index in [0.29, 0.717) is 18.2 Å². The predicted molar refractivity (Wildman–Crippen MR) is 74.2 cm³/mol. The van der Waals surface area contributed by atoms with Crippen molar-refractivity contribution in [3.63, 3.8) is 0 Å². The molecule has 7 nitrogen and oxygen atoms in total. The first-order chi connectivity index (χ1) is 8.96. The lowest BCUT2D eigenvalue weighted by atomic mass is 10.3. The van der Waals surface area contributed by atoms with Gasteiger partial charge in [-0.3, -0.25) is 4.79 Å². The van der Waals surface area contributed by atoms with E-state index >= 15 is 0 Å². The lowest BCUT2D eigenvalue weighted by molar-refractivity contribution is -0.120. The summed E-state index contributed by atoms with van der Waals surface area (Å²) >= 11 is 0. The fourth-order valence-electron chi connectivity index (χ4n) is 1.59. The quantitative estimate of drug-likeness (QED) is 0.776. The normalized spacial score (nSPS) is 10.4. The van der Waals surface area contributed by atoms with Crippen LogP contribution in [0.3, 0.4) is 0 Å². The van der Waals surface area contributed by atoms with E-state index in [-0.39, 0.29) is 24.4 Å². The monoisotopic (exact) mass is 267 g/mol. The molecule has 0 aliphatic heterocycles. The van der Waals surface area contributed by atoms with Gasteiger partial charge in [-0.2, -0.15) is 9.97 Å². The number of hydrogen-bond donors (Lipinski definition) is 2. The zero-order valence-corrected chi connectivity index (χ0v) is 11.8. The fraction of sp³-hybridized carbons (Fsp3) is 0.583. The van der Waals surface area contributed by atoms with Gasteiger partial charge in [-0.15, -0.1) is 0 Å². The number of aromatic nitrogens is 2. The van der Waals surface area contributed by atoms with Crippen LogP contribution in [0.1, 0.15) is 20.8 Å². The van der Waals surface area contributed by atoms with E-state index in [4.69, 9.17) is 10.5 Å². The molecule has 19 heavy (non-hydrogen) atoms. The molecule has 0 spiro atoms. The molecule has 0 saturated heterocycles. The van der Waals surface area contributed by atoms with Crippen LogP contribution >= 0.6 is 0 Å². The smallest absolute Gasteiger partial charge is 0.239 e. The Morgan fingerprint density at radius 1 is 1.53 bits per heavy atom. The molecule has 0 aliphatic carbocycles. The molecule has 1 amide bonds. The third-order valence-electron chi connectivity index (χ3n) is 2.41. The van der Waals surface area contributed by atoms with Crippen LogP contribution in [0.5, 0.6) is 5.88 Å². The maximum atomic E-state index is 11.8. The third kappa shape index (κ3) is 4.61. The minimum absolute atomic E-state index is 0.0620. The van der Waals surface area contributed by atoms with Crippen LogP contribution in [0.15, 0.2) is 6.07 Å². The van der Waals surface area contributed by atoms with Gasteiger partial charge >= 0.3 is 0 Å². The van der Waals surface area contributed by atoms with Gasteiger partial charge in [0.25, 0.3) is 0 Å². The van der Waals surface area contributed by atoms with Crippen LogP contribution in [0.25, 0.3) is 0 Å². The van der Waals surface area contributed by atoms with Gasteiger partial charge in [0, 0.05) is 18.7 Å². The number of nitrogen functional groups attached to an aromatic ring is 1. The number of nitrogens with zero attached hydrogens (tertiary/aromatic N) is 3. The molecular weight excluding hydrogens is 246 g/mol. The highest BCUT2D eigenvalue weighted by Gasteiger charge is 2.14. The minimum atomic E-state index is -0.0620. The lowest BCUT2D eigenvalue weighted by Gasteiger charge is -2.22. The van der Waals surface area contributed by atoms with Crippen LogP contribution in [0, 0.1) is 0 Å². The second kappa shape index (κ2) is 6.77. The highest BCUT2D eigenvalue weighted by molar-refractivity contribution is 5.81. The fourth-order valence-corrected chi connectivity index (χ4v) is 1.59. The van der Waals surface area contributed by atoms with Gasteiger partial charge in [0.15, 0.2) is 0 Å². The molecule has 0 aromatic carbocycles. The lowest BCUT2D eigenvalue weighted by Crippen LogP contribution is -2.40. The molecule has 0 bridgehead atoms. The van der Waals surface area contributed by atoms with E-state index in [9.17, 15) is 4.79 Å². The van der Waals surface area contributed by atoms with Crippen molar-refractivity contribution >= 4 is 17.7 Å². The summed E-state index contributed by atoms with van der Waals surface area (Å²) in [5.41, 5.74) is 5.61. The molecule has 7 heteroatoms. The zero-order chi connectivity index (χ0) is 14.4. The van der Waals surface area contributed by atoms with E-state index in [1.54, 1.807) is 11.0 Å². The number of carbonyl (C=O) groups is 1. The van der Waals surface area contributed by atoms with E-state index < -0.39 is 0 Å². The molecule has 0 aliphatic rings. The standard InChI is InChI=1S/C12H21N5O2/c1-5-17(7-10(18)14-8(2)3)9-6-11(19-4)16-12(13)15-9/h6,8H,5,7H2,1-4H3,(H,14,18)(H2,13,15,16). The minimum Gasteiger partial charge on any atom is -0.481 e. The van der Waals surface area contributed by atoms with E-state index in [1.807, 2.05) is 20.8 Å². The molecule has 1 heterocycles. The number of anilines is 2. The van der Waals surface area contributed by atoms with Crippen LogP contribution < -0.4 is 20.7 Å². The highest BCUT2D eigenvalue weighted by Crippen LogP contribution is 2.17. The number of carbonyl (C=O) groups excluding carboxylic acids is 1. The van der Waals surface area contributed by atoms with Gasteiger partial charge in [0.05, 0.1) is 13.7 Å². The number of rotatable bonds is 6. The largest absolute Gasteiger partial charge is 0.481 e. The van der Waals surface area contributed by atoms with Crippen molar-refractivity contribution in [3.8, 4) is 5.88 Å². The van der Waals surface area contributed by atoms with Crippen molar-refractivity contribution < 1.29 is 9.53 Å². The first-order valence-electron chi connectivity index (χ1n) is 6.19. The Morgan fingerprint density at radius 2 is 2.21 bits per heavy atom. The zero-order valence-electron chi connectivity index (χ0n) is 11.8. The molecule has 1 rings (SSSR count). The SMILES string of the molecule is CCN(CC(=O)NC(C)C)c1cc(OC)nc(N)n1.